The molecule has 2 aliphatic heterocycles. The number of ketones is 1. The number of urea groups is 1. The lowest BCUT2D eigenvalue weighted by molar-refractivity contribution is 0.0930. The Bertz CT molecular complexity index is 1310. The summed E-state index contributed by atoms with van der Waals surface area (Å²) in [5.74, 6) is -0.144. The number of piperazine rings is 1. The van der Waals surface area contributed by atoms with Crippen molar-refractivity contribution >= 4 is 23.2 Å². The van der Waals surface area contributed by atoms with Gasteiger partial charge in [0.25, 0.3) is 0 Å². The Labute approximate surface area is 215 Å². The maximum Gasteiger partial charge on any atom is 0.333 e. The van der Waals surface area contributed by atoms with Gasteiger partial charge >= 0.3 is 6.03 Å². The molecule has 1 atom stereocenters. The highest BCUT2D eigenvalue weighted by molar-refractivity contribution is 6.26. The van der Waals surface area contributed by atoms with E-state index in [1.54, 1.807) is 13.2 Å². The molecule has 0 spiro atoms. The number of benzene rings is 2. The van der Waals surface area contributed by atoms with Crippen LogP contribution in [0.4, 0.5) is 16.2 Å². The summed E-state index contributed by atoms with van der Waals surface area (Å²) >= 11 is 0. The summed E-state index contributed by atoms with van der Waals surface area (Å²) in [6, 6.07) is 13.4. The third-order valence-electron chi connectivity index (χ3n) is 7.41. The number of carbonyl (C=O) groups is 2. The van der Waals surface area contributed by atoms with Crippen LogP contribution in [0.5, 0.6) is 0 Å². The van der Waals surface area contributed by atoms with E-state index in [1.165, 1.54) is 0 Å². The number of hydrazine groups is 1. The molecule has 0 unspecified atom stereocenters. The lowest BCUT2D eigenvalue weighted by Crippen LogP contribution is -2.48. The maximum atomic E-state index is 13.7. The van der Waals surface area contributed by atoms with Gasteiger partial charge in [0, 0.05) is 56.6 Å². The normalized spacial score (nSPS) is 19.1. The molecule has 2 saturated heterocycles. The van der Waals surface area contributed by atoms with Gasteiger partial charge in [-0.05, 0) is 31.0 Å². The molecular weight excluding hydrogens is 470 g/mol. The number of aromatic nitrogens is 2. The first-order chi connectivity index (χ1) is 18.1. The van der Waals surface area contributed by atoms with Gasteiger partial charge in [0.15, 0.2) is 5.78 Å². The fourth-order valence-electron chi connectivity index (χ4n) is 5.58. The lowest BCUT2D eigenvalue weighted by Gasteiger charge is -2.29. The Balaban J connectivity index is 1.22. The topological polar surface area (TPSA) is 115 Å². The molecule has 3 aliphatic rings. The van der Waals surface area contributed by atoms with Gasteiger partial charge in [-0.3, -0.25) is 15.3 Å². The summed E-state index contributed by atoms with van der Waals surface area (Å²) in [7, 11) is 1.66. The summed E-state index contributed by atoms with van der Waals surface area (Å²) in [5, 5.41) is 15.7. The summed E-state index contributed by atoms with van der Waals surface area (Å²) in [5.41, 5.74) is 8.51. The van der Waals surface area contributed by atoms with E-state index >= 15 is 0 Å². The van der Waals surface area contributed by atoms with Crippen LogP contribution in [0.1, 0.15) is 28.8 Å². The predicted molar refractivity (Wildman–Crippen MR) is 142 cm³/mol. The number of fused-ring (bicyclic) bond motifs is 3. The van der Waals surface area contributed by atoms with Gasteiger partial charge in [-0.15, -0.1) is 0 Å². The minimum absolute atomic E-state index is 0.144. The highest BCUT2D eigenvalue weighted by atomic mass is 16.5. The number of amides is 2. The minimum Gasteiger partial charge on any atom is -0.383 e. The number of nitrogens with one attached hydrogen (secondary N) is 4. The van der Waals surface area contributed by atoms with Crippen molar-refractivity contribution in [1.82, 2.24) is 25.9 Å². The SMILES string of the molecule is COC[C@H]1CCCN1NC(=O)Nc1cccc2c1C(=O)c1c(-c3ccc(N4CCNCC4)cc3)n[nH]c1-2. The number of anilines is 2. The number of hydrogen-bond acceptors (Lipinski definition) is 7. The van der Waals surface area contributed by atoms with Crippen molar-refractivity contribution in [2.24, 2.45) is 0 Å². The number of carbonyl (C=O) groups excluding carboxylic acids is 2. The molecule has 10 nitrogen and oxygen atoms in total. The first-order valence-corrected chi connectivity index (χ1v) is 12.8. The zero-order chi connectivity index (χ0) is 25.4. The molecule has 0 bridgehead atoms. The first-order valence-electron chi connectivity index (χ1n) is 12.8. The standard InChI is InChI=1S/C27H31N7O3/c1-37-16-19-4-3-13-34(19)32-27(36)29-21-6-2-5-20-22(21)26(35)23-24(30-31-25(20)23)17-7-9-18(10-8-17)33-14-11-28-12-15-33/h2,5-10,19,28H,3-4,11-16H2,1H3,(H,30,31)(H2,29,32,36)/t19-/m1/s1. The van der Waals surface area contributed by atoms with Gasteiger partial charge in [0.1, 0.15) is 5.69 Å². The third kappa shape index (κ3) is 4.37. The van der Waals surface area contributed by atoms with Crippen LogP contribution in [0.2, 0.25) is 0 Å². The fraction of sp³-hybridized carbons (Fsp3) is 0.370. The van der Waals surface area contributed by atoms with Crippen molar-refractivity contribution in [3.05, 3.63) is 53.6 Å². The molecule has 4 N–H and O–H groups in total. The molecular formula is C27H31N7O3. The number of rotatable bonds is 6. The Morgan fingerprint density at radius 3 is 2.70 bits per heavy atom. The minimum atomic E-state index is -0.374. The van der Waals surface area contributed by atoms with Crippen molar-refractivity contribution < 1.29 is 14.3 Å². The lowest BCUT2D eigenvalue weighted by atomic mass is 10.0. The van der Waals surface area contributed by atoms with E-state index in [0.717, 1.165) is 62.4 Å². The summed E-state index contributed by atoms with van der Waals surface area (Å²) < 4.78 is 5.27. The van der Waals surface area contributed by atoms with Crippen LogP contribution >= 0.6 is 0 Å². The number of nitrogens with zero attached hydrogens (tertiary/aromatic N) is 3. The first kappa shape index (κ1) is 23.7. The highest BCUT2D eigenvalue weighted by Crippen LogP contribution is 2.43. The highest BCUT2D eigenvalue weighted by Gasteiger charge is 2.35. The molecule has 3 heterocycles. The van der Waals surface area contributed by atoms with Gasteiger partial charge in [-0.25, -0.2) is 9.80 Å². The van der Waals surface area contributed by atoms with Crippen LogP contribution in [-0.4, -0.2) is 79.5 Å². The number of aromatic amines is 1. The maximum absolute atomic E-state index is 13.7. The number of H-pyrrole nitrogens is 1. The second-order valence-corrected chi connectivity index (χ2v) is 9.67. The molecule has 10 heteroatoms. The Morgan fingerprint density at radius 2 is 1.92 bits per heavy atom. The monoisotopic (exact) mass is 501 g/mol. The van der Waals surface area contributed by atoms with E-state index in [-0.39, 0.29) is 17.9 Å². The Hall–Kier alpha value is -3.73. The number of methoxy groups -OCH3 is 1. The summed E-state index contributed by atoms with van der Waals surface area (Å²) in [6.45, 7) is 5.21. The van der Waals surface area contributed by atoms with Crippen molar-refractivity contribution in [3.8, 4) is 22.5 Å². The van der Waals surface area contributed by atoms with Crippen molar-refractivity contribution in [1.29, 1.82) is 0 Å². The van der Waals surface area contributed by atoms with Crippen molar-refractivity contribution in [2.45, 2.75) is 18.9 Å². The summed E-state index contributed by atoms with van der Waals surface area (Å²) in [6.07, 6.45) is 1.96. The number of ether oxygens (including phenoxy) is 1. The van der Waals surface area contributed by atoms with Crippen molar-refractivity contribution in [3.63, 3.8) is 0 Å². The van der Waals surface area contributed by atoms with E-state index < -0.39 is 0 Å². The Kier molecular flexibility index (Phi) is 6.37. The van der Waals surface area contributed by atoms with Gasteiger partial charge in [-0.2, -0.15) is 5.10 Å². The van der Waals surface area contributed by atoms with Gasteiger partial charge in [0.05, 0.1) is 35.2 Å². The third-order valence-corrected chi connectivity index (χ3v) is 7.41. The van der Waals surface area contributed by atoms with Crippen LogP contribution in [0.3, 0.4) is 0 Å². The summed E-state index contributed by atoms with van der Waals surface area (Å²) in [4.78, 5) is 28.9. The van der Waals surface area contributed by atoms with E-state index in [1.807, 2.05) is 29.3 Å². The molecule has 1 aliphatic carbocycles. The van der Waals surface area contributed by atoms with Crippen molar-refractivity contribution in [2.75, 3.05) is 56.7 Å². The Morgan fingerprint density at radius 1 is 1.11 bits per heavy atom. The predicted octanol–water partition coefficient (Wildman–Crippen LogP) is 2.84. The van der Waals surface area contributed by atoms with Crippen LogP contribution in [0, 0.1) is 0 Å². The van der Waals surface area contributed by atoms with Gasteiger partial charge < -0.3 is 20.3 Å². The zero-order valence-electron chi connectivity index (χ0n) is 20.8. The van der Waals surface area contributed by atoms with E-state index in [0.29, 0.717) is 34.8 Å². The molecule has 2 aromatic carbocycles. The molecule has 2 fully saturated rings. The average molecular weight is 502 g/mol. The average Bonchev–Trinajstić information content (AvgIpc) is 3.62. The van der Waals surface area contributed by atoms with Crippen LogP contribution in [-0.2, 0) is 4.74 Å². The van der Waals surface area contributed by atoms with E-state index in [9.17, 15) is 9.59 Å². The molecule has 3 aromatic rings. The molecule has 6 rings (SSSR count). The van der Waals surface area contributed by atoms with Crippen LogP contribution < -0.4 is 21.0 Å². The quantitative estimate of drug-likeness (QED) is 0.321. The zero-order valence-corrected chi connectivity index (χ0v) is 20.8. The van der Waals surface area contributed by atoms with Crippen LogP contribution in [0.25, 0.3) is 22.5 Å². The van der Waals surface area contributed by atoms with Gasteiger partial charge in [-0.1, -0.05) is 24.3 Å². The number of hydrogen-bond donors (Lipinski definition) is 4. The second kappa shape index (κ2) is 9.97. The van der Waals surface area contributed by atoms with E-state index in [4.69, 9.17) is 4.74 Å². The van der Waals surface area contributed by atoms with E-state index in [2.05, 4.69) is 43.3 Å². The van der Waals surface area contributed by atoms with Gasteiger partial charge in [0.2, 0.25) is 0 Å². The molecule has 2 amide bonds. The molecule has 0 radical (unpaired) electrons. The van der Waals surface area contributed by atoms with Crippen LogP contribution in [0.15, 0.2) is 42.5 Å². The molecule has 0 saturated carbocycles. The smallest absolute Gasteiger partial charge is 0.333 e. The molecule has 1 aromatic heterocycles. The molecule has 37 heavy (non-hydrogen) atoms. The fourth-order valence-corrected chi connectivity index (χ4v) is 5.58. The second-order valence-electron chi connectivity index (χ2n) is 9.67. The molecule has 192 valence electrons. The largest absolute Gasteiger partial charge is 0.383 e.